The SMILES string of the molecule is N#C[C@@H](Cc1ccc(C2CCOCC2)cc1)C12CCC(C1)C(C(N)=O)N2. The first-order valence-corrected chi connectivity index (χ1v) is 9.74. The molecule has 5 heteroatoms. The minimum absolute atomic E-state index is 0.134. The number of nitrogens with one attached hydrogen (secondary N) is 1. The van der Waals surface area contributed by atoms with Gasteiger partial charge in [0.05, 0.1) is 18.0 Å². The Kier molecular flexibility index (Phi) is 4.73. The molecule has 1 aromatic rings. The molecule has 3 N–H and O–H groups in total. The molecule has 1 aromatic carbocycles. The molecule has 138 valence electrons. The molecule has 4 atom stereocenters. The Morgan fingerprint density at radius 1 is 1.31 bits per heavy atom. The standard InChI is InChI=1S/C21H27N3O2/c22-13-18(21-8-5-17(12-21)19(24-21)20(23)25)11-14-1-3-15(4-2-14)16-6-9-26-10-7-16/h1-4,16-19,24H,5-12H2,(H2,23,25)/t17?,18-,19?,21?/m1/s1. The number of ether oxygens (including phenoxy) is 1. The molecule has 0 radical (unpaired) electrons. The molecule has 2 bridgehead atoms. The van der Waals surface area contributed by atoms with Crippen molar-refractivity contribution in [1.82, 2.24) is 5.32 Å². The number of rotatable bonds is 5. The maximum atomic E-state index is 11.7. The van der Waals surface area contributed by atoms with Crippen molar-refractivity contribution in [2.45, 2.75) is 56.0 Å². The number of fused-ring (bicyclic) bond motifs is 2. The predicted octanol–water partition coefficient (Wildman–Crippen LogP) is 2.26. The van der Waals surface area contributed by atoms with Crippen LogP contribution in [0.4, 0.5) is 0 Å². The van der Waals surface area contributed by atoms with Gasteiger partial charge < -0.3 is 10.5 Å². The van der Waals surface area contributed by atoms with Crippen LogP contribution < -0.4 is 11.1 Å². The average molecular weight is 353 g/mol. The third-order valence-corrected chi connectivity index (χ3v) is 6.74. The molecule has 3 aliphatic rings. The van der Waals surface area contributed by atoms with E-state index in [1.165, 1.54) is 11.1 Å². The molecule has 1 amide bonds. The topological polar surface area (TPSA) is 88.1 Å². The lowest BCUT2D eigenvalue weighted by molar-refractivity contribution is -0.121. The fourth-order valence-electron chi connectivity index (χ4n) is 5.24. The highest BCUT2D eigenvalue weighted by Gasteiger charge is 2.55. The van der Waals surface area contributed by atoms with Gasteiger partial charge in [-0.2, -0.15) is 5.26 Å². The lowest BCUT2D eigenvalue weighted by Gasteiger charge is -2.34. The summed E-state index contributed by atoms with van der Waals surface area (Å²) in [4.78, 5) is 11.7. The van der Waals surface area contributed by atoms with Gasteiger partial charge in [-0.05, 0) is 61.5 Å². The highest BCUT2D eigenvalue weighted by atomic mass is 16.5. The van der Waals surface area contributed by atoms with Crippen LogP contribution in [0.15, 0.2) is 24.3 Å². The van der Waals surface area contributed by atoms with Gasteiger partial charge in [-0.15, -0.1) is 0 Å². The molecule has 1 aliphatic carbocycles. The van der Waals surface area contributed by atoms with Gasteiger partial charge in [0.25, 0.3) is 0 Å². The molecular formula is C21H27N3O2. The van der Waals surface area contributed by atoms with E-state index < -0.39 is 0 Å². The number of primary amides is 1. The fraction of sp³-hybridized carbons (Fsp3) is 0.619. The van der Waals surface area contributed by atoms with Gasteiger partial charge in [-0.1, -0.05) is 24.3 Å². The molecule has 1 saturated carbocycles. The monoisotopic (exact) mass is 353 g/mol. The molecule has 3 unspecified atom stereocenters. The van der Waals surface area contributed by atoms with E-state index in [4.69, 9.17) is 10.5 Å². The number of hydrogen-bond donors (Lipinski definition) is 2. The molecule has 0 aromatic heterocycles. The summed E-state index contributed by atoms with van der Waals surface area (Å²) >= 11 is 0. The molecular weight excluding hydrogens is 326 g/mol. The van der Waals surface area contributed by atoms with E-state index in [1.807, 2.05) is 0 Å². The van der Waals surface area contributed by atoms with Gasteiger partial charge in [-0.25, -0.2) is 0 Å². The number of nitrogens with two attached hydrogens (primary N) is 1. The van der Waals surface area contributed by atoms with Crippen molar-refractivity contribution < 1.29 is 9.53 Å². The van der Waals surface area contributed by atoms with E-state index in [0.717, 1.165) is 51.7 Å². The van der Waals surface area contributed by atoms with Crippen LogP contribution in [0.5, 0.6) is 0 Å². The van der Waals surface area contributed by atoms with Crippen molar-refractivity contribution in [3.8, 4) is 6.07 Å². The Hall–Kier alpha value is -1.90. The zero-order valence-electron chi connectivity index (χ0n) is 15.1. The Morgan fingerprint density at radius 2 is 2.04 bits per heavy atom. The van der Waals surface area contributed by atoms with Crippen LogP contribution in [0, 0.1) is 23.2 Å². The first kappa shape index (κ1) is 17.5. The summed E-state index contributed by atoms with van der Waals surface area (Å²) in [5.74, 6) is 0.464. The maximum absolute atomic E-state index is 11.7. The maximum Gasteiger partial charge on any atom is 0.234 e. The molecule has 2 heterocycles. The van der Waals surface area contributed by atoms with E-state index in [2.05, 4.69) is 35.7 Å². The third kappa shape index (κ3) is 3.13. The smallest absolute Gasteiger partial charge is 0.234 e. The Balaban J connectivity index is 1.46. The van der Waals surface area contributed by atoms with Crippen LogP contribution in [-0.4, -0.2) is 30.7 Å². The van der Waals surface area contributed by atoms with Crippen molar-refractivity contribution >= 4 is 5.91 Å². The van der Waals surface area contributed by atoms with Crippen molar-refractivity contribution in [2.75, 3.05) is 13.2 Å². The van der Waals surface area contributed by atoms with E-state index in [-0.39, 0.29) is 23.4 Å². The van der Waals surface area contributed by atoms with E-state index in [1.54, 1.807) is 0 Å². The van der Waals surface area contributed by atoms with Gasteiger partial charge in [0.2, 0.25) is 5.91 Å². The quantitative estimate of drug-likeness (QED) is 0.850. The number of carbonyl (C=O) groups excluding carboxylic acids is 1. The third-order valence-electron chi connectivity index (χ3n) is 6.74. The first-order chi connectivity index (χ1) is 12.6. The van der Waals surface area contributed by atoms with Crippen LogP contribution in [0.3, 0.4) is 0 Å². The van der Waals surface area contributed by atoms with Crippen LogP contribution in [0.1, 0.15) is 49.1 Å². The summed E-state index contributed by atoms with van der Waals surface area (Å²) in [7, 11) is 0. The number of amides is 1. The Bertz CT molecular complexity index is 705. The number of nitriles is 1. The van der Waals surface area contributed by atoms with Gasteiger partial charge in [0, 0.05) is 18.8 Å². The lowest BCUT2D eigenvalue weighted by Crippen LogP contribution is -2.54. The van der Waals surface area contributed by atoms with Crippen LogP contribution >= 0.6 is 0 Å². The largest absolute Gasteiger partial charge is 0.381 e. The zero-order chi connectivity index (χ0) is 18.1. The zero-order valence-corrected chi connectivity index (χ0v) is 15.1. The van der Waals surface area contributed by atoms with E-state index >= 15 is 0 Å². The summed E-state index contributed by atoms with van der Waals surface area (Å²) in [5, 5.41) is 13.3. The van der Waals surface area contributed by atoms with E-state index in [9.17, 15) is 10.1 Å². The van der Waals surface area contributed by atoms with Crippen LogP contribution in [0.2, 0.25) is 0 Å². The second-order valence-corrected chi connectivity index (χ2v) is 8.20. The summed E-state index contributed by atoms with van der Waals surface area (Å²) in [6, 6.07) is 11.0. The second kappa shape index (κ2) is 7.02. The van der Waals surface area contributed by atoms with E-state index in [0.29, 0.717) is 11.8 Å². The molecule has 5 nitrogen and oxygen atoms in total. The van der Waals surface area contributed by atoms with Crippen molar-refractivity contribution in [1.29, 1.82) is 5.26 Å². The Labute approximate surface area is 154 Å². The minimum Gasteiger partial charge on any atom is -0.381 e. The number of piperidine rings is 1. The first-order valence-electron chi connectivity index (χ1n) is 9.74. The fourth-order valence-corrected chi connectivity index (χ4v) is 5.24. The predicted molar refractivity (Wildman–Crippen MR) is 98.2 cm³/mol. The average Bonchev–Trinajstić information content (AvgIpc) is 3.27. The van der Waals surface area contributed by atoms with Crippen LogP contribution in [0.25, 0.3) is 0 Å². The van der Waals surface area contributed by atoms with Crippen LogP contribution in [-0.2, 0) is 16.0 Å². The minimum atomic E-state index is -0.283. The lowest BCUT2D eigenvalue weighted by atomic mass is 9.80. The molecule has 3 fully saturated rings. The van der Waals surface area contributed by atoms with Crippen molar-refractivity contribution in [2.24, 2.45) is 17.6 Å². The van der Waals surface area contributed by atoms with Gasteiger partial charge in [0.1, 0.15) is 0 Å². The summed E-state index contributed by atoms with van der Waals surface area (Å²) in [6.07, 6.45) is 5.72. The normalized spacial score (nSPS) is 32.3. The molecule has 2 aliphatic heterocycles. The van der Waals surface area contributed by atoms with Crippen molar-refractivity contribution in [3.05, 3.63) is 35.4 Å². The Morgan fingerprint density at radius 3 is 2.65 bits per heavy atom. The van der Waals surface area contributed by atoms with Crippen molar-refractivity contribution in [3.63, 3.8) is 0 Å². The molecule has 26 heavy (non-hydrogen) atoms. The number of hydrogen-bond acceptors (Lipinski definition) is 4. The number of nitrogens with zero attached hydrogens (tertiary/aromatic N) is 1. The molecule has 4 rings (SSSR count). The highest BCUT2D eigenvalue weighted by molar-refractivity contribution is 5.81. The molecule has 0 spiro atoms. The summed E-state index contributed by atoms with van der Waals surface area (Å²) in [6.45, 7) is 1.69. The number of benzene rings is 1. The number of carbonyl (C=O) groups is 1. The highest BCUT2D eigenvalue weighted by Crippen LogP contribution is 2.48. The summed E-state index contributed by atoms with van der Waals surface area (Å²) in [5.41, 5.74) is 7.84. The second-order valence-electron chi connectivity index (χ2n) is 8.20. The van der Waals surface area contributed by atoms with Gasteiger partial charge >= 0.3 is 0 Å². The van der Waals surface area contributed by atoms with Gasteiger partial charge in [-0.3, -0.25) is 10.1 Å². The summed E-state index contributed by atoms with van der Waals surface area (Å²) < 4.78 is 5.45. The van der Waals surface area contributed by atoms with Gasteiger partial charge in [0.15, 0.2) is 0 Å². The molecule has 2 saturated heterocycles.